The minimum absolute atomic E-state index is 0.0297. The van der Waals surface area contributed by atoms with Gasteiger partial charge in [0.05, 0.1) is 30.9 Å². The van der Waals surface area contributed by atoms with E-state index < -0.39 is 65.2 Å². The first-order chi connectivity index (χ1) is 28.5. The zero-order valence-corrected chi connectivity index (χ0v) is 39.0. The van der Waals surface area contributed by atoms with E-state index in [1.807, 2.05) is 26.1 Å². The molecule has 1 aliphatic heterocycles. The number of hydrogen-bond donors (Lipinski definition) is 7. The van der Waals surface area contributed by atoms with Crippen molar-refractivity contribution in [2.24, 2.45) is 11.8 Å². The Morgan fingerprint density at radius 1 is 0.885 bits per heavy atom. The number of rotatable bonds is 24. The molecule has 352 valence electrons. The maximum Gasteiger partial charge on any atom is 0.333 e. The zero-order chi connectivity index (χ0) is 46.6. The maximum atomic E-state index is 14.2. The zero-order valence-electron chi connectivity index (χ0n) is 38.2. The van der Waals surface area contributed by atoms with Crippen molar-refractivity contribution in [3.63, 3.8) is 0 Å². The third-order valence-corrected chi connectivity index (χ3v) is 11.8. The summed E-state index contributed by atoms with van der Waals surface area (Å²) in [7, 11) is 6.82. The van der Waals surface area contributed by atoms with Gasteiger partial charge in [-0.1, -0.05) is 20.8 Å². The fraction of sp³-hybridized carbons (Fsp3) is 0.825. The van der Waals surface area contributed by atoms with Crippen LogP contribution in [0.3, 0.4) is 0 Å². The van der Waals surface area contributed by atoms with Crippen molar-refractivity contribution in [2.75, 3.05) is 80.4 Å². The molecule has 0 aliphatic carbocycles. The van der Waals surface area contributed by atoms with Gasteiger partial charge in [-0.2, -0.15) is 0 Å². The van der Waals surface area contributed by atoms with E-state index in [4.69, 9.17) is 4.74 Å². The Balaban J connectivity index is 3.06. The Bertz CT molecular complexity index is 1430. The van der Waals surface area contributed by atoms with Crippen LogP contribution in [0.15, 0.2) is 0 Å². The summed E-state index contributed by atoms with van der Waals surface area (Å²) >= 11 is 1.19. The third-order valence-electron chi connectivity index (χ3n) is 10.5. The Morgan fingerprint density at radius 3 is 2.03 bits per heavy atom. The molecule has 1 unspecified atom stereocenters. The Labute approximate surface area is 366 Å². The van der Waals surface area contributed by atoms with E-state index >= 15 is 0 Å². The monoisotopic (exact) mass is 890 g/mol. The van der Waals surface area contributed by atoms with Crippen LogP contribution in [0.25, 0.3) is 0 Å². The number of carbonyl (C=O) groups is 7. The maximum absolute atomic E-state index is 14.2. The van der Waals surface area contributed by atoms with Crippen LogP contribution in [0.2, 0.25) is 0 Å². The molecule has 1 rings (SSSR count). The summed E-state index contributed by atoms with van der Waals surface area (Å²) in [4.78, 5) is 98.9. The molecule has 0 bridgehead atoms. The van der Waals surface area contributed by atoms with Crippen molar-refractivity contribution < 1.29 is 53.6 Å². The minimum atomic E-state index is -1.52. The average molecular weight is 890 g/mol. The first-order valence-electron chi connectivity index (χ1n) is 21.1. The number of aliphatic hydroxyl groups is 3. The predicted octanol–water partition coefficient (Wildman–Crippen LogP) is 0.790. The molecular formula is C40H75N9O11S. The van der Waals surface area contributed by atoms with Gasteiger partial charge in [-0.3, -0.25) is 39.6 Å². The third kappa shape index (κ3) is 19.5. The number of nitrogens with one attached hydrogen (secondary N) is 4. The highest BCUT2D eigenvalue weighted by molar-refractivity contribution is 8.00. The number of thioether (sulfide) groups is 1. The van der Waals surface area contributed by atoms with Crippen LogP contribution in [-0.2, 0) is 23.9 Å². The molecule has 1 fully saturated rings. The van der Waals surface area contributed by atoms with Gasteiger partial charge >= 0.3 is 18.1 Å². The number of aliphatic hydroxyl groups excluding tert-OH is 2. The lowest BCUT2D eigenvalue weighted by atomic mass is 9.97. The number of morpholine rings is 1. The quantitative estimate of drug-likeness (QED) is 0.0663. The number of nitrogens with zero attached hydrogens (tertiary/aromatic N) is 5. The van der Waals surface area contributed by atoms with E-state index in [2.05, 4.69) is 20.9 Å². The number of urea groups is 3. The van der Waals surface area contributed by atoms with E-state index in [1.54, 1.807) is 0 Å². The lowest BCUT2D eigenvalue weighted by molar-refractivity contribution is -0.145. The number of likely N-dealkylation sites (N-methyl/N-ethyl adjacent to an activating group) is 4. The lowest BCUT2D eigenvalue weighted by Gasteiger charge is -2.36. The first-order valence-corrected chi connectivity index (χ1v) is 22.1. The number of carbonyl (C=O) groups excluding carboxylic acids is 7. The molecule has 1 aliphatic rings. The van der Waals surface area contributed by atoms with Crippen LogP contribution >= 0.6 is 11.8 Å². The Hall–Kier alpha value is -3.60. The second-order valence-corrected chi connectivity index (χ2v) is 18.0. The standard InChI is InChI=1S/C40H75N9O11S/c1-12-14-31(51)47(10)36(61-22-16-28(25-50)15-13-17-49-18-20-60-21-19-49)35(55)46(9)30(24-40(5,6)59)33(53)43-38(57)48(11)39(58)44-37(56)42-27(4)34(54)45(8)29(23-26(2)3)32(52)41-7/h26-30,34,36,50,54,59H,12-25H2,1-11H3,(H,41,52)(H,43,53,57)(H2,42,44,56,58)/t27-,28+,29+,30+,34?,36-/m1/s1. The van der Waals surface area contributed by atoms with E-state index in [1.165, 1.54) is 70.5 Å². The van der Waals surface area contributed by atoms with Gasteiger partial charge in [-0.15, -0.1) is 11.8 Å². The van der Waals surface area contributed by atoms with Gasteiger partial charge < -0.3 is 40.5 Å². The van der Waals surface area contributed by atoms with Gasteiger partial charge in [0.1, 0.15) is 12.3 Å². The molecule has 0 radical (unpaired) electrons. The number of hydrogen-bond acceptors (Lipinski definition) is 14. The topological polar surface area (TPSA) is 254 Å². The van der Waals surface area contributed by atoms with Crippen molar-refractivity contribution >= 4 is 53.5 Å². The van der Waals surface area contributed by atoms with Crippen LogP contribution in [0.4, 0.5) is 14.4 Å². The summed E-state index contributed by atoms with van der Waals surface area (Å²) in [6, 6.07) is -6.72. The molecule has 0 aromatic carbocycles. The molecule has 20 nitrogen and oxygen atoms in total. The van der Waals surface area contributed by atoms with E-state index in [9.17, 15) is 48.9 Å². The molecule has 1 heterocycles. The highest BCUT2D eigenvalue weighted by atomic mass is 32.2. The second kappa shape index (κ2) is 27.5. The summed E-state index contributed by atoms with van der Waals surface area (Å²) in [5.74, 6) is -1.81. The summed E-state index contributed by atoms with van der Waals surface area (Å²) in [6.45, 7) is 14.0. The molecule has 10 amide bonds. The van der Waals surface area contributed by atoms with Gasteiger partial charge in [0.25, 0.3) is 11.8 Å². The van der Waals surface area contributed by atoms with Crippen LogP contribution in [-0.4, -0.2) is 197 Å². The Kier molecular flexibility index (Phi) is 24.9. The molecule has 0 aromatic heterocycles. The highest BCUT2D eigenvalue weighted by Crippen LogP contribution is 2.25. The first kappa shape index (κ1) is 55.4. The second-order valence-electron chi connectivity index (χ2n) is 16.8. The molecule has 0 spiro atoms. The summed E-state index contributed by atoms with van der Waals surface area (Å²) < 4.78 is 5.41. The average Bonchev–Trinajstić information content (AvgIpc) is 3.20. The van der Waals surface area contributed by atoms with Crippen molar-refractivity contribution in [3.8, 4) is 0 Å². The van der Waals surface area contributed by atoms with Crippen LogP contribution in [0.1, 0.15) is 86.5 Å². The molecule has 1 saturated heterocycles. The minimum Gasteiger partial charge on any atom is -0.396 e. The van der Waals surface area contributed by atoms with Crippen molar-refractivity contribution in [2.45, 2.75) is 122 Å². The summed E-state index contributed by atoms with van der Waals surface area (Å²) in [6.07, 6.45) is 1.67. The van der Waals surface area contributed by atoms with Gasteiger partial charge in [-0.05, 0) is 84.1 Å². The van der Waals surface area contributed by atoms with Crippen molar-refractivity contribution in [1.29, 1.82) is 0 Å². The van der Waals surface area contributed by atoms with E-state index in [-0.39, 0.29) is 43.1 Å². The van der Waals surface area contributed by atoms with E-state index in [0.717, 1.165) is 44.4 Å². The van der Waals surface area contributed by atoms with Gasteiger partial charge in [0.2, 0.25) is 11.8 Å². The number of amides is 10. The van der Waals surface area contributed by atoms with Crippen LogP contribution in [0, 0.1) is 11.8 Å². The molecule has 21 heteroatoms. The predicted molar refractivity (Wildman–Crippen MR) is 232 cm³/mol. The SMILES string of the molecule is CCCC(=O)N(C)[C@H](SCC[C@@H](CO)CCCN1CCOCC1)C(=O)N(C)[C@@H](CC(C)(C)O)C(=O)NC(=O)N(C)C(=O)NC(=O)N[C@H](C)C(O)N(C)[C@@H](CC(C)C)C(=O)NC. The molecule has 0 aromatic rings. The Morgan fingerprint density at radius 2 is 1.49 bits per heavy atom. The molecule has 61 heavy (non-hydrogen) atoms. The van der Waals surface area contributed by atoms with Crippen molar-refractivity contribution in [1.82, 2.24) is 45.8 Å². The molecule has 6 atom stereocenters. The summed E-state index contributed by atoms with van der Waals surface area (Å²) in [5, 5.41) is 39.7. The van der Waals surface area contributed by atoms with Gasteiger partial charge in [-0.25, -0.2) is 19.3 Å². The van der Waals surface area contributed by atoms with Crippen LogP contribution < -0.4 is 21.3 Å². The summed E-state index contributed by atoms with van der Waals surface area (Å²) in [5.41, 5.74) is -1.52. The highest BCUT2D eigenvalue weighted by Gasteiger charge is 2.39. The molecule has 0 saturated carbocycles. The molecular weight excluding hydrogens is 815 g/mol. The fourth-order valence-electron chi connectivity index (χ4n) is 6.65. The number of ether oxygens (including phenoxy) is 1. The van der Waals surface area contributed by atoms with Crippen molar-refractivity contribution in [3.05, 3.63) is 0 Å². The smallest absolute Gasteiger partial charge is 0.333 e. The molecule has 7 N–H and O–H groups in total. The van der Waals surface area contributed by atoms with E-state index in [0.29, 0.717) is 43.1 Å². The fourth-order valence-corrected chi connectivity index (χ4v) is 7.99. The largest absolute Gasteiger partial charge is 0.396 e. The number of imide groups is 3. The van der Waals surface area contributed by atoms with Gasteiger partial charge in [0.15, 0.2) is 5.37 Å². The lowest BCUT2D eigenvalue weighted by Crippen LogP contribution is -2.59. The normalized spacial score (nSPS) is 16.4. The van der Waals surface area contributed by atoms with Gasteiger partial charge in [0, 0.05) is 60.7 Å². The van der Waals surface area contributed by atoms with Crippen LogP contribution in [0.5, 0.6) is 0 Å².